The number of aromatic hydroxyl groups is 1. The van der Waals surface area contributed by atoms with E-state index in [1.54, 1.807) is 24.3 Å². The smallest absolute Gasteiger partial charge is 0.203 e. The summed E-state index contributed by atoms with van der Waals surface area (Å²) in [7, 11) is 3.02. The van der Waals surface area contributed by atoms with Gasteiger partial charge in [0.25, 0.3) is 0 Å². The summed E-state index contributed by atoms with van der Waals surface area (Å²) in [6, 6.07) is 6.62. The summed E-state index contributed by atoms with van der Waals surface area (Å²) in [4.78, 5) is 17.5. The summed E-state index contributed by atoms with van der Waals surface area (Å²) in [5.41, 5.74) is 0.698. The molecule has 31 heavy (non-hydrogen) atoms. The van der Waals surface area contributed by atoms with Crippen LogP contribution in [0, 0.1) is 5.92 Å². The van der Waals surface area contributed by atoms with Crippen LogP contribution in [-0.4, -0.2) is 43.3 Å². The fraction of sp³-hybridized carbons (Fsp3) is 0.333. The maximum Gasteiger partial charge on any atom is 0.203 e. The minimum absolute atomic E-state index is 0.0471. The Morgan fingerprint density at radius 2 is 1.68 bits per heavy atom. The van der Waals surface area contributed by atoms with Gasteiger partial charge in [-0.25, -0.2) is 0 Å². The van der Waals surface area contributed by atoms with Crippen molar-refractivity contribution < 1.29 is 28.8 Å². The van der Waals surface area contributed by atoms with Crippen molar-refractivity contribution in [1.82, 2.24) is 4.98 Å². The van der Waals surface area contributed by atoms with Crippen LogP contribution in [0.5, 0.6) is 28.7 Å². The Morgan fingerprint density at radius 3 is 2.26 bits per heavy atom. The average Bonchev–Trinajstić information content (AvgIpc) is 2.78. The monoisotopic (exact) mass is 425 g/mol. The molecule has 2 aromatic carbocycles. The highest BCUT2D eigenvalue weighted by molar-refractivity contribution is 6.17. The topological polar surface area (TPSA) is 87.1 Å². The fourth-order valence-corrected chi connectivity index (χ4v) is 3.22. The zero-order valence-corrected chi connectivity index (χ0v) is 18.4. The number of carbonyl (C=O) groups excluding carboxylic acids is 1. The molecule has 1 N–H and O–H groups in total. The molecule has 0 bridgehead atoms. The molecule has 0 saturated carbocycles. The van der Waals surface area contributed by atoms with Gasteiger partial charge >= 0.3 is 0 Å². The van der Waals surface area contributed by atoms with Crippen LogP contribution in [0.25, 0.3) is 10.8 Å². The van der Waals surface area contributed by atoms with Gasteiger partial charge in [-0.05, 0) is 42.5 Å². The Kier molecular flexibility index (Phi) is 6.84. The van der Waals surface area contributed by atoms with E-state index >= 15 is 0 Å². The van der Waals surface area contributed by atoms with Crippen molar-refractivity contribution in [2.24, 2.45) is 5.92 Å². The molecule has 0 fully saturated rings. The number of fused-ring (bicyclic) bond motifs is 1. The molecule has 0 aliphatic carbocycles. The normalized spacial score (nSPS) is 10.9. The van der Waals surface area contributed by atoms with Crippen LogP contribution in [0.1, 0.15) is 36.7 Å². The first kappa shape index (κ1) is 22.2. The summed E-state index contributed by atoms with van der Waals surface area (Å²) < 4.78 is 22.2. The average molecular weight is 425 g/mol. The van der Waals surface area contributed by atoms with E-state index < -0.39 is 0 Å². The van der Waals surface area contributed by atoms with Crippen molar-refractivity contribution in [2.75, 3.05) is 27.4 Å². The predicted molar refractivity (Wildman–Crippen MR) is 118 cm³/mol. The third-order valence-corrected chi connectivity index (χ3v) is 4.71. The largest absolute Gasteiger partial charge is 0.504 e. The fourth-order valence-electron chi connectivity index (χ4n) is 3.22. The zero-order valence-electron chi connectivity index (χ0n) is 18.4. The summed E-state index contributed by atoms with van der Waals surface area (Å²) in [6.07, 6.45) is 2.99. The summed E-state index contributed by atoms with van der Waals surface area (Å²) in [5, 5.41) is 11.5. The van der Waals surface area contributed by atoms with Crippen molar-refractivity contribution in [2.45, 2.75) is 20.8 Å². The molecule has 1 heterocycles. The lowest BCUT2D eigenvalue weighted by atomic mass is 9.98. The number of phenolic OH excluding ortho intramolecular Hbond substituents is 1. The number of aromatic nitrogens is 1. The summed E-state index contributed by atoms with van der Waals surface area (Å²) in [5.74, 6) is 1.58. The van der Waals surface area contributed by atoms with E-state index in [2.05, 4.69) is 4.98 Å². The van der Waals surface area contributed by atoms with Crippen LogP contribution in [0.3, 0.4) is 0 Å². The molecule has 7 heteroatoms. The highest BCUT2D eigenvalue weighted by Crippen LogP contribution is 2.40. The summed E-state index contributed by atoms with van der Waals surface area (Å²) >= 11 is 0. The highest BCUT2D eigenvalue weighted by Gasteiger charge is 2.21. The van der Waals surface area contributed by atoms with Crippen LogP contribution in [-0.2, 0) is 0 Å². The Labute approximate surface area is 181 Å². The van der Waals surface area contributed by atoms with Gasteiger partial charge in [0.1, 0.15) is 0 Å². The molecule has 3 aromatic rings. The Balaban J connectivity index is 2.08. The number of benzene rings is 2. The first-order valence-electron chi connectivity index (χ1n) is 10.1. The number of hydrogen-bond donors (Lipinski definition) is 1. The third kappa shape index (κ3) is 4.50. The van der Waals surface area contributed by atoms with Gasteiger partial charge in [-0.2, -0.15) is 0 Å². The predicted octanol–water partition coefficient (Wildman–Crippen LogP) is 4.62. The van der Waals surface area contributed by atoms with Crippen LogP contribution in [0.2, 0.25) is 0 Å². The zero-order chi connectivity index (χ0) is 22.5. The molecule has 0 radical (unpaired) electrons. The van der Waals surface area contributed by atoms with E-state index in [1.165, 1.54) is 26.6 Å². The van der Waals surface area contributed by atoms with Gasteiger partial charge < -0.3 is 24.1 Å². The van der Waals surface area contributed by atoms with Crippen molar-refractivity contribution in [1.29, 1.82) is 0 Å². The molecule has 0 aliphatic rings. The van der Waals surface area contributed by atoms with Crippen LogP contribution < -0.4 is 18.9 Å². The van der Waals surface area contributed by atoms with Gasteiger partial charge in [-0.3, -0.25) is 9.78 Å². The van der Waals surface area contributed by atoms with Gasteiger partial charge in [0.15, 0.2) is 28.8 Å². The Morgan fingerprint density at radius 1 is 1.00 bits per heavy atom. The van der Waals surface area contributed by atoms with E-state index in [1.807, 2.05) is 20.8 Å². The van der Waals surface area contributed by atoms with Crippen LogP contribution >= 0.6 is 0 Å². The minimum Gasteiger partial charge on any atom is -0.504 e. The van der Waals surface area contributed by atoms with Crippen molar-refractivity contribution in [3.63, 3.8) is 0 Å². The second-order valence-corrected chi connectivity index (χ2v) is 7.37. The number of ether oxygens (including phenoxy) is 4. The molecular weight excluding hydrogens is 398 g/mol. The number of carbonyl (C=O) groups is 1. The van der Waals surface area contributed by atoms with E-state index in [0.29, 0.717) is 64.0 Å². The first-order chi connectivity index (χ1) is 14.9. The first-order valence-corrected chi connectivity index (χ1v) is 10.1. The number of hydrogen-bond acceptors (Lipinski definition) is 7. The second-order valence-electron chi connectivity index (χ2n) is 7.37. The maximum atomic E-state index is 13.4. The molecule has 164 valence electrons. The van der Waals surface area contributed by atoms with E-state index in [9.17, 15) is 9.90 Å². The molecule has 0 spiro atoms. The highest BCUT2D eigenvalue weighted by atomic mass is 16.5. The second kappa shape index (κ2) is 9.55. The number of rotatable bonds is 9. The lowest BCUT2D eigenvalue weighted by molar-refractivity contribution is 0.103. The van der Waals surface area contributed by atoms with Crippen molar-refractivity contribution >= 4 is 16.6 Å². The molecule has 7 nitrogen and oxygen atoms in total. The number of phenols is 1. The molecule has 0 amide bonds. The van der Waals surface area contributed by atoms with E-state index in [-0.39, 0.29) is 11.5 Å². The van der Waals surface area contributed by atoms with Crippen LogP contribution in [0.15, 0.2) is 36.7 Å². The van der Waals surface area contributed by atoms with Gasteiger partial charge in [0.2, 0.25) is 5.75 Å². The minimum atomic E-state index is -0.284. The third-order valence-electron chi connectivity index (χ3n) is 4.71. The van der Waals surface area contributed by atoms with Gasteiger partial charge in [0.05, 0.1) is 27.4 Å². The van der Waals surface area contributed by atoms with Gasteiger partial charge in [0, 0.05) is 28.9 Å². The Hall–Kier alpha value is -3.48. The maximum absolute atomic E-state index is 13.4. The Bertz CT molecular complexity index is 1070. The number of nitrogens with zero attached hydrogens (tertiary/aromatic N) is 1. The molecule has 0 aliphatic heterocycles. The molecule has 1 aromatic heterocycles. The van der Waals surface area contributed by atoms with Gasteiger partial charge in [-0.15, -0.1) is 0 Å². The van der Waals surface area contributed by atoms with Gasteiger partial charge in [-0.1, -0.05) is 13.8 Å². The number of methoxy groups -OCH3 is 2. The standard InChI is InChI=1S/C24H27NO6/c1-6-30-19-8-7-16-17(11-25-12-18(16)23(19)27)22(26)15-9-20(28-4)24(21(10-15)29-5)31-13-14(2)3/h7-12,14,27H,6,13H2,1-5H3. The lowest BCUT2D eigenvalue weighted by Gasteiger charge is -2.17. The number of pyridine rings is 1. The van der Waals surface area contributed by atoms with E-state index in [4.69, 9.17) is 18.9 Å². The molecule has 0 saturated heterocycles. The van der Waals surface area contributed by atoms with Crippen LogP contribution in [0.4, 0.5) is 0 Å². The molecule has 3 rings (SSSR count). The quantitative estimate of drug-likeness (QED) is 0.501. The molecular formula is C24H27NO6. The van der Waals surface area contributed by atoms with Crippen molar-refractivity contribution in [3.05, 3.63) is 47.8 Å². The lowest BCUT2D eigenvalue weighted by Crippen LogP contribution is -2.09. The molecule has 0 unspecified atom stereocenters. The van der Waals surface area contributed by atoms with E-state index in [0.717, 1.165) is 0 Å². The SMILES string of the molecule is CCOc1ccc2c(C(=O)c3cc(OC)c(OCC(C)C)c(OC)c3)cncc2c1O. The van der Waals surface area contributed by atoms with Crippen molar-refractivity contribution in [3.8, 4) is 28.7 Å². The summed E-state index contributed by atoms with van der Waals surface area (Å²) in [6.45, 7) is 6.80. The molecule has 0 atom stereocenters. The number of ketones is 1.